The average molecular weight is 144 g/mol. The summed E-state index contributed by atoms with van der Waals surface area (Å²) >= 11 is 0. The molecule has 1 fully saturated rings. The molecule has 0 spiro atoms. The molecule has 1 rings (SSSR count). The molecule has 2 amide bonds. The molecule has 0 aromatic carbocycles. The number of hydrogen-bond acceptors (Lipinski definition) is 2. The van der Waals surface area contributed by atoms with Crippen LogP contribution in [0.2, 0.25) is 0 Å². The van der Waals surface area contributed by atoms with Gasteiger partial charge >= 0.3 is 6.03 Å². The van der Waals surface area contributed by atoms with E-state index in [1.807, 2.05) is 13.8 Å². The van der Waals surface area contributed by atoms with Crippen molar-refractivity contribution in [3.8, 4) is 0 Å². The van der Waals surface area contributed by atoms with Crippen LogP contribution in [0.4, 0.5) is 4.79 Å². The van der Waals surface area contributed by atoms with Gasteiger partial charge in [-0.2, -0.15) is 0 Å². The molecule has 0 unspecified atom stereocenters. The van der Waals surface area contributed by atoms with E-state index < -0.39 is 0 Å². The lowest BCUT2D eigenvalue weighted by molar-refractivity contribution is 0.0850. The molecule has 1 aliphatic rings. The van der Waals surface area contributed by atoms with Crippen LogP contribution in [0.15, 0.2) is 0 Å². The minimum Gasteiger partial charge on any atom is -0.376 e. The second-order valence-corrected chi connectivity index (χ2v) is 3.04. The fraction of sp³-hybridized carbons (Fsp3) is 0.833. The van der Waals surface area contributed by atoms with Crippen LogP contribution in [-0.4, -0.2) is 34.9 Å². The molecule has 1 aliphatic heterocycles. The molecule has 1 heterocycles. The minimum atomic E-state index is -0.244. The lowest BCUT2D eigenvalue weighted by Crippen LogP contribution is -2.42. The van der Waals surface area contributed by atoms with Crippen molar-refractivity contribution in [3.05, 3.63) is 0 Å². The average Bonchev–Trinajstić information content (AvgIpc) is 2.07. The maximum atomic E-state index is 10.9. The number of urea groups is 1. The zero-order valence-corrected chi connectivity index (χ0v) is 6.22. The smallest absolute Gasteiger partial charge is 0.319 e. The van der Waals surface area contributed by atoms with Gasteiger partial charge in [-0.25, -0.2) is 4.79 Å². The molecule has 0 saturated carbocycles. The molecule has 4 heteroatoms. The molecule has 0 aliphatic carbocycles. The van der Waals surface area contributed by atoms with Gasteiger partial charge in [-0.3, -0.25) is 4.90 Å². The lowest BCUT2D eigenvalue weighted by atomic mass is 10.1. The summed E-state index contributed by atoms with van der Waals surface area (Å²) in [6, 6.07) is -0.187. The van der Waals surface area contributed by atoms with Gasteiger partial charge in [-0.1, -0.05) is 0 Å². The maximum Gasteiger partial charge on any atom is 0.319 e. The Morgan fingerprint density at radius 2 is 2.40 bits per heavy atom. The largest absolute Gasteiger partial charge is 0.376 e. The molecule has 0 aromatic rings. The summed E-state index contributed by atoms with van der Waals surface area (Å²) in [5, 5.41) is 11.4. The fourth-order valence-corrected chi connectivity index (χ4v) is 1.01. The number of rotatable bonds is 1. The maximum absolute atomic E-state index is 10.9. The molecule has 0 atom stereocenters. The summed E-state index contributed by atoms with van der Waals surface area (Å²) in [6.07, 6.45) is 0. The van der Waals surface area contributed by atoms with Gasteiger partial charge in [0.2, 0.25) is 0 Å². The topological polar surface area (TPSA) is 52.6 Å². The number of aliphatic hydroxyl groups is 1. The second-order valence-electron chi connectivity index (χ2n) is 3.04. The van der Waals surface area contributed by atoms with E-state index in [0.717, 1.165) is 0 Å². The molecule has 1 saturated heterocycles. The summed E-state index contributed by atoms with van der Waals surface area (Å²) in [5.41, 5.74) is -0.244. The predicted molar refractivity (Wildman–Crippen MR) is 36.4 cm³/mol. The van der Waals surface area contributed by atoms with E-state index >= 15 is 0 Å². The van der Waals surface area contributed by atoms with Gasteiger partial charge < -0.3 is 10.4 Å². The van der Waals surface area contributed by atoms with Crippen molar-refractivity contribution >= 4 is 6.03 Å². The Morgan fingerprint density at radius 3 is 2.60 bits per heavy atom. The predicted octanol–water partition coefficient (Wildman–Crippen LogP) is -0.260. The molecular formula is C6H12N2O2. The Labute approximate surface area is 59.8 Å². The van der Waals surface area contributed by atoms with Crippen LogP contribution < -0.4 is 5.32 Å². The molecular weight excluding hydrogens is 132 g/mol. The fourth-order valence-electron chi connectivity index (χ4n) is 1.01. The zero-order valence-electron chi connectivity index (χ0n) is 6.22. The molecule has 0 aromatic heterocycles. The number of aliphatic hydroxyl groups excluding tert-OH is 1. The van der Waals surface area contributed by atoms with E-state index in [1.165, 1.54) is 4.90 Å². The number of amides is 2. The quantitative estimate of drug-likeness (QED) is 0.532. The van der Waals surface area contributed by atoms with Crippen molar-refractivity contribution < 1.29 is 9.90 Å². The molecule has 10 heavy (non-hydrogen) atoms. The van der Waals surface area contributed by atoms with Gasteiger partial charge in [0.1, 0.15) is 6.73 Å². The van der Waals surface area contributed by atoms with E-state index in [1.54, 1.807) is 0 Å². The van der Waals surface area contributed by atoms with Crippen LogP contribution in [0.5, 0.6) is 0 Å². The Balaban J connectivity index is 2.73. The van der Waals surface area contributed by atoms with Crippen LogP contribution in [0.3, 0.4) is 0 Å². The molecule has 2 N–H and O–H groups in total. The Bertz CT molecular complexity index is 156. The second kappa shape index (κ2) is 2.12. The standard InChI is InChI=1S/C6H12N2O2/c1-6(2)3-7-5(10)8(6)4-9/h9H,3-4H2,1-2H3,(H,7,10). The summed E-state index contributed by atoms with van der Waals surface area (Å²) in [6.45, 7) is 4.20. The lowest BCUT2D eigenvalue weighted by Gasteiger charge is -2.27. The van der Waals surface area contributed by atoms with Gasteiger partial charge in [0.05, 0.1) is 5.54 Å². The first kappa shape index (κ1) is 7.34. The highest BCUT2D eigenvalue weighted by Crippen LogP contribution is 2.17. The molecule has 0 radical (unpaired) electrons. The number of nitrogens with one attached hydrogen (secondary N) is 1. The van der Waals surface area contributed by atoms with Crippen LogP contribution >= 0.6 is 0 Å². The first-order valence-corrected chi connectivity index (χ1v) is 3.24. The van der Waals surface area contributed by atoms with Crippen molar-refractivity contribution in [1.82, 2.24) is 10.2 Å². The van der Waals surface area contributed by atoms with Gasteiger partial charge in [-0.15, -0.1) is 0 Å². The highest BCUT2D eigenvalue weighted by atomic mass is 16.3. The Morgan fingerprint density at radius 1 is 1.80 bits per heavy atom. The molecule has 58 valence electrons. The first-order valence-electron chi connectivity index (χ1n) is 3.24. The SMILES string of the molecule is CC1(C)CNC(=O)N1CO. The first-order chi connectivity index (χ1) is 4.58. The van der Waals surface area contributed by atoms with Gasteiger partial charge in [-0.05, 0) is 13.8 Å². The summed E-state index contributed by atoms with van der Waals surface area (Å²) in [5.74, 6) is 0. The van der Waals surface area contributed by atoms with Gasteiger partial charge in [0.15, 0.2) is 0 Å². The zero-order chi connectivity index (χ0) is 7.78. The van der Waals surface area contributed by atoms with Crippen LogP contribution in [-0.2, 0) is 0 Å². The van der Waals surface area contributed by atoms with E-state index in [-0.39, 0.29) is 18.3 Å². The number of nitrogens with zero attached hydrogens (tertiary/aromatic N) is 1. The van der Waals surface area contributed by atoms with Crippen molar-refractivity contribution in [1.29, 1.82) is 0 Å². The van der Waals surface area contributed by atoms with Crippen LogP contribution in [0.1, 0.15) is 13.8 Å². The highest BCUT2D eigenvalue weighted by molar-refractivity contribution is 5.77. The van der Waals surface area contributed by atoms with E-state index in [0.29, 0.717) is 6.54 Å². The van der Waals surface area contributed by atoms with Crippen molar-refractivity contribution in [2.24, 2.45) is 0 Å². The third kappa shape index (κ3) is 0.945. The van der Waals surface area contributed by atoms with E-state index in [2.05, 4.69) is 5.32 Å². The van der Waals surface area contributed by atoms with E-state index in [4.69, 9.17) is 5.11 Å². The summed E-state index contributed by atoms with van der Waals surface area (Å²) in [4.78, 5) is 12.3. The van der Waals surface area contributed by atoms with Crippen LogP contribution in [0, 0.1) is 0 Å². The number of carbonyl (C=O) groups is 1. The summed E-state index contributed by atoms with van der Waals surface area (Å²) in [7, 11) is 0. The molecule has 0 bridgehead atoms. The third-order valence-electron chi connectivity index (χ3n) is 1.79. The Hall–Kier alpha value is -0.770. The minimum absolute atomic E-state index is 0.187. The highest BCUT2D eigenvalue weighted by Gasteiger charge is 2.36. The third-order valence-corrected chi connectivity index (χ3v) is 1.79. The van der Waals surface area contributed by atoms with Crippen molar-refractivity contribution in [3.63, 3.8) is 0 Å². The van der Waals surface area contributed by atoms with Gasteiger partial charge in [0, 0.05) is 6.54 Å². The number of hydrogen-bond donors (Lipinski definition) is 2. The van der Waals surface area contributed by atoms with Crippen molar-refractivity contribution in [2.75, 3.05) is 13.3 Å². The van der Waals surface area contributed by atoms with Crippen LogP contribution in [0.25, 0.3) is 0 Å². The molecule has 4 nitrogen and oxygen atoms in total. The Kier molecular flexibility index (Phi) is 1.56. The number of carbonyl (C=O) groups excluding carboxylic acids is 1. The normalized spacial score (nSPS) is 23.1. The van der Waals surface area contributed by atoms with Gasteiger partial charge in [0.25, 0.3) is 0 Å². The monoisotopic (exact) mass is 144 g/mol. The van der Waals surface area contributed by atoms with E-state index in [9.17, 15) is 4.79 Å². The summed E-state index contributed by atoms with van der Waals surface area (Å²) < 4.78 is 0. The van der Waals surface area contributed by atoms with Crippen molar-refractivity contribution in [2.45, 2.75) is 19.4 Å².